The number of ether oxygens (including phenoxy) is 2. The smallest absolute Gasteiger partial charge is 0.460 e. The van der Waals surface area contributed by atoms with Gasteiger partial charge in [0.25, 0.3) is 0 Å². The van der Waals surface area contributed by atoms with Gasteiger partial charge in [0.05, 0.1) is 34.4 Å². The van der Waals surface area contributed by atoms with Crippen LogP contribution in [-0.4, -0.2) is 110 Å². The fourth-order valence-electron chi connectivity index (χ4n) is 4.23. The summed E-state index contributed by atoms with van der Waals surface area (Å²) in [5.74, 6) is -0.399. The van der Waals surface area contributed by atoms with Crippen molar-refractivity contribution < 1.29 is 49.6 Å². The van der Waals surface area contributed by atoms with Gasteiger partial charge in [-0.15, -0.1) is 0 Å². The minimum absolute atomic E-state index is 0.132. The molecule has 244 valence electrons. The summed E-state index contributed by atoms with van der Waals surface area (Å²) >= 11 is 0. The summed E-state index contributed by atoms with van der Waals surface area (Å²) in [6, 6.07) is 1.69. The van der Waals surface area contributed by atoms with E-state index in [1.54, 1.807) is 6.92 Å². The van der Waals surface area contributed by atoms with Crippen LogP contribution in [0.1, 0.15) is 19.8 Å². The molecule has 1 unspecified atom stereocenters. The van der Waals surface area contributed by atoms with Gasteiger partial charge >= 0.3 is 30.9 Å². The number of quaternary nitrogens is 1. The third-order valence-electron chi connectivity index (χ3n) is 5.61. The molecule has 0 saturated heterocycles. The van der Waals surface area contributed by atoms with Crippen molar-refractivity contribution in [3.05, 3.63) is 12.2 Å². The van der Waals surface area contributed by atoms with Crippen LogP contribution in [0.25, 0.3) is 0 Å². The number of hydrogen-bond acceptors (Lipinski definition) is 9. The molecule has 0 aromatic heterocycles. The monoisotopic (exact) mass is 676 g/mol. The molecule has 0 rings (SSSR count). The summed E-state index contributed by atoms with van der Waals surface area (Å²) in [6.07, 6.45) is 1.46. The quantitative estimate of drug-likeness (QED) is 0.0366. The van der Waals surface area contributed by atoms with Crippen molar-refractivity contribution in [1.29, 1.82) is 0 Å². The molecule has 1 atom stereocenters. The zero-order valence-corrected chi connectivity index (χ0v) is 32.7. The molecule has 11 nitrogen and oxygen atoms in total. The molecule has 0 amide bonds. The van der Waals surface area contributed by atoms with E-state index in [1.807, 2.05) is 21.1 Å². The summed E-state index contributed by atoms with van der Waals surface area (Å²) in [5.41, 5.74) is 0.379. The Morgan fingerprint density at radius 2 is 1.22 bits per heavy atom. The third kappa shape index (κ3) is 23.1. The predicted molar refractivity (Wildman–Crippen MR) is 173 cm³/mol. The SMILES string of the molecule is C=C(C)C(=O)OCCOCCC[Si](C)(C)O[Si](C)(C)O[Si](C)(C)O[Si](C)(C)CCCOP(=O)(O)OCC[N+](C)(C)C. The number of carbonyl (C=O) groups is 1. The fourth-order valence-corrected chi connectivity index (χ4v) is 24.2. The first-order chi connectivity index (χ1) is 18.4. The predicted octanol–water partition coefficient (Wildman–Crippen LogP) is 5.61. The minimum Gasteiger partial charge on any atom is -0.460 e. The molecular weight excluding hydrogens is 618 g/mol. The van der Waals surface area contributed by atoms with Gasteiger partial charge in [0, 0.05) is 12.2 Å². The molecule has 0 bridgehead atoms. The van der Waals surface area contributed by atoms with Crippen LogP contribution in [0.5, 0.6) is 0 Å². The second-order valence-corrected chi connectivity index (χ2v) is 31.1. The highest BCUT2D eigenvalue weighted by molar-refractivity contribution is 7.47. The van der Waals surface area contributed by atoms with Crippen molar-refractivity contribution in [2.45, 2.75) is 84.2 Å². The lowest BCUT2D eigenvalue weighted by atomic mass is 10.4. The van der Waals surface area contributed by atoms with Gasteiger partial charge in [-0.05, 0) is 84.2 Å². The zero-order valence-electron chi connectivity index (χ0n) is 27.8. The molecule has 0 heterocycles. The molecule has 0 radical (unpaired) electrons. The normalized spacial score (nSPS) is 15.0. The Morgan fingerprint density at radius 3 is 1.68 bits per heavy atom. The van der Waals surface area contributed by atoms with Crippen molar-refractivity contribution in [2.75, 3.05) is 60.7 Å². The van der Waals surface area contributed by atoms with Crippen LogP contribution in [0, 0.1) is 0 Å². The van der Waals surface area contributed by atoms with Gasteiger partial charge in [-0.25, -0.2) is 9.36 Å². The van der Waals surface area contributed by atoms with E-state index in [0.29, 0.717) is 36.2 Å². The highest BCUT2D eigenvalue weighted by Gasteiger charge is 2.43. The van der Waals surface area contributed by atoms with E-state index < -0.39 is 47.5 Å². The molecule has 0 aromatic carbocycles. The number of nitrogens with zero attached hydrogens (tertiary/aromatic N) is 1. The lowest BCUT2D eigenvalue weighted by Crippen LogP contribution is -2.56. The van der Waals surface area contributed by atoms with Crippen LogP contribution in [0.15, 0.2) is 12.2 Å². The number of carbonyl (C=O) groups excluding carboxylic acids is 1. The van der Waals surface area contributed by atoms with Gasteiger partial charge in [-0.3, -0.25) is 9.05 Å². The summed E-state index contributed by atoms with van der Waals surface area (Å²) in [7, 11) is -7.20. The first-order valence-electron chi connectivity index (χ1n) is 14.3. The van der Waals surface area contributed by atoms with Crippen molar-refractivity contribution in [1.82, 2.24) is 0 Å². The summed E-state index contributed by atoms with van der Waals surface area (Å²) in [5, 5.41) is 0. The molecular formula is C25H59NO10PSi4+. The summed E-state index contributed by atoms with van der Waals surface area (Å²) < 4.78 is 53.5. The van der Waals surface area contributed by atoms with Crippen LogP contribution < -0.4 is 0 Å². The second kappa shape index (κ2) is 17.5. The van der Waals surface area contributed by atoms with Crippen LogP contribution in [0.2, 0.25) is 64.5 Å². The number of rotatable bonds is 23. The molecule has 16 heteroatoms. The highest BCUT2D eigenvalue weighted by atomic mass is 31.2. The van der Waals surface area contributed by atoms with Gasteiger partial charge in [-0.2, -0.15) is 0 Å². The Kier molecular flexibility index (Phi) is 17.5. The van der Waals surface area contributed by atoms with Crippen LogP contribution in [-0.2, 0) is 40.2 Å². The number of esters is 1. The van der Waals surface area contributed by atoms with Gasteiger partial charge in [0.2, 0.25) is 0 Å². The summed E-state index contributed by atoms with van der Waals surface area (Å²) in [4.78, 5) is 21.3. The Balaban J connectivity index is 4.53. The van der Waals surface area contributed by atoms with E-state index >= 15 is 0 Å². The molecule has 41 heavy (non-hydrogen) atoms. The Hall–Kier alpha value is -0.0125. The molecule has 0 fully saturated rings. The van der Waals surface area contributed by atoms with Crippen molar-refractivity contribution in [2.24, 2.45) is 0 Å². The summed E-state index contributed by atoms with van der Waals surface area (Å²) in [6.45, 7) is 24.1. The maximum atomic E-state index is 12.1. The minimum atomic E-state index is -4.06. The van der Waals surface area contributed by atoms with Crippen molar-refractivity contribution in [3.8, 4) is 0 Å². The molecule has 1 N–H and O–H groups in total. The second-order valence-electron chi connectivity index (χ2n) is 13.5. The lowest BCUT2D eigenvalue weighted by molar-refractivity contribution is -0.870. The molecule has 0 aromatic rings. The van der Waals surface area contributed by atoms with Crippen LogP contribution >= 0.6 is 7.82 Å². The van der Waals surface area contributed by atoms with E-state index in [2.05, 4.69) is 59.0 Å². The first kappa shape index (κ1) is 41.0. The van der Waals surface area contributed by atoms with Gasteiger partial charge in [0.1, 0.15) is 19.8 Å². The maximum Gasteiger partial charge on any atom is 0.472 e. The number of phosphoric ester groups is 1. The number of phosphoric acid groups is 1. The molecule has 0 spiro atoms. The number of likely N-dealkylation sites (N-methyl/N-ethyl adjacent to an activating group) is 1. The van der Waals surface area contributed by atoms with Gasteiger partial charge < -0.3 is 31.2 Å². The van der Waals surface area contributed by atoms with Crippen molar-refractivity contribution in [3.63, 3.8) is 0 Å². The van der Waals surface area contributed by atoms with E-state index in [0.717, 1.165) is 18.5 Å². The average Bonchev–Trinajstić information content (AvgIpc) is 2.72. The first-order valence-corrected chi connectivity index (χ1v) is 27.7. The van der Waals surface area contributed by atoms with Crippen molar-refractivity contribution >= 4 is 47.5 Å². The number of hydrogen-bond donors (Lipinski definition) is 1. The molecule has 0 aliphatic heterocycles. The molecule has 0 aliphatic rings. The maximum absolute atomic E-state index is 12.1. The topological polar surface area (TPSA) is 119 Å². The molecule has 0 saturated carbocycles. The Labute approximate surface area is 253 Å². The van der Waals surface area contributed by atoms with E-state index in [4.69, 9.17) is 30.9 Å². The van der Waals surface area contributed by atoms with E-state index in [-0.39, 0.29) is 19.8 Å². The highest BCUT2D eigenvalue weighted by Crippen LogP contribution is 2.43. The largest absolute Gasteiger partial charge is 0.472 e. The average molecular weight is 677 g/mol. The van der Waals surface area contributed by atoms with E-state index in [9.17, 15) is 14.3 Å². The third-order valence-corrected chi connectivity index (χ3v) is 22.0. The molecule has 0 aliphatic carbocycles. The lowest BCUT2D eigenvalue weighted by Gasteiger charge is -2.41. The van der Waals surface area contributed by atoms with Crippen LogP contribution in [0.4, 0.5) is 0 Å². The van der Waals surface area contributed by atoms with Crippen LogP contribution in [0.3, 0.4) is 0 Å². The van der Waals surface area contributed by atoms with Gasteiger partial charge in [-0.1, -0.05) is 6.58 Å². The Bertz CT molecular complexity index is 866. The van der Waals surface area contributed by atoms with Gasteiger partial charge in [0.15, 0.2) is 16.6 Å². The van der Waals surface area contributed by atoms with E-state index in [1.165, 1.54) is 0 Å². The Morgan fingerprint density at radius 1 is 0.756 bits per heavy atom. The standard InChI is InChI=1S/C25H58NO10PSi4/c1-24(2)25(27)31-21-20-30-17-14-22-38(6,7)34-40(10,11)36-41(12,13)35-39(8,9)23-15-18-32-37(28,29)33-19-16-26(3,4)5/h1,14-23H2,2-13H3/p+1. The zero-order chi connectivity index (χ0) is 32.2. The fraction of sp³-hybridized carbons (Fsp3) is 0.880.